The van der Waals surface area contributed by atoms with Gasteiger partial charge in [0, 0.05) is 33.6 Å². The maximum Gasteiger partial charge on any atom is 0.191 e. The SMILES string of the molecule is [2H]c1c([2H])c([C@]2([2H])C[C@H]2Nc2nc(SC([2H])([2H])C([2H])([2H])C)nc3c2nnn3[C@]2([2H])C([2H])([2H])[C@]([2H])(OCC([2H])([2H])O)[C@@]([2H])(O)[C@@]2([2H])O)c([2H])c(F)c1C. The van der Waals surface area contributed by atoms with Gasteiger partial charge >= 0.3 is 0 Å². The molecule has 194 valence electrons. The van der Waals surface area contributed by atoms with Crippen LogP contribution in [0.15, 0.2) is 23.3 Å². The van der Waals surface area contributed by atoms with Gasteiger partial charge in [0.05, 0.1) is 37.6 Å². The first-order valence-corrected chi connectivity index (χ1v) is 11.2. The number of rotatable bonds is 10. The van der Waals surface area contributed by atoms with Crippen molar-refractivity contribution in [2.75, 3.05) is 24.2 Å². The summed E-state index contributed by atoms with van der Waals surface area (Å²) in [7, 11) is 0. The lowest BCUT2D eigenvalue weighted by atomic mass is 10.1. The van der Waals surface area contributed by atoms with Gasteiger partial charge in [0.2, 0.25) is 0 Å². The Bertz CT molecular complexity index is 1930. The molecule has 0 radical (unpaired) electrons. The van der Waals surface area contributed by atoms with Crippen molar-refractivity contribution in [2.24, 2.45) is 0 Å². The molecule has 12 heteroatoms. The minimum absolute atomic E-state index is 0.0571. The number of nitrogens with one attached hydrogen (secondary N) is 1. The van der Waals surface area contributed by atoms with E-state index >= 15 is 0 Å². The molecule has 10 nitrogen and oxygen atoms in total. The average molecular weight is 535 g/mol. The maximum absolute atomic E-state index is 14.8. The molecule has 0 bridgehead atoms. The summed E-state index contributed by atoms with van der Waals surface area (Å²) in [5.41, 5.74) is -4.95. The zero-order valence-electron chi connectivity index (χ0n) is 34.8. The highest BCUT2D eigenvalue weighted by Crippen LogP contribution is 2.44. The summed E-state index contributed by atoms with van der Waals surface area (Å²) in [6, 6.07) is -6.97. The molecule has 0 spiro atoms. The largest absolute Gasteiger partial charge is 0.394 e. The molecular weight excluding hydrogens is 487 g/mol. The number of ether oxygens (including phenoxy) is 1. The van der Waals surface area contributed by atoms with E-state index in [2.05, 4.69) is 25.6 Å². The van der Waals surface area contributed by atoms with Gasteiger partial charge < -0.3 is 25.4 Å². The summed E-state index contributed by atoms with van der Waals surface area (Å²) in [5, 5.41) is 41.2. The lowest BCUT2D eigenvalue weighted by Crippen LogP contribution is -2.33. The Kier molecular flexibility index (Phi) is 3.64. The molecule has 2 aromatic heterocycles. The van der Waals surface area contributed by atoms with Gasteiger partial charge in [-0.2, -0.15) is 0 Å². The molecule has 2 aliphatic carbocycles. The smallest absolute Gasteiger partial charge is 0.191 e. The monoisotopic (exact) mass is 534 g/mol. The predicted molar refractivity (Wildman–Crippen MR) is 133 cm³/mol. The number of aromatic nitrogens is 5. The van der Waals surface area contributed by atoms with E-state index < -0.39 is 119 Å². The van der Waals surface area contributed by atoms with Crippen molar-refractivity contribution in [3.05, 3.63) is 35.1 Å². The zero-order valence-corrected chi connectivity index (χ0v) is 19.6. The van der Waals surface area contributed by atoms with Crippen LogP contribution in [0, 0.1) is 12.7 Å². The lowest BCUT2D eigenvalue weighted by molar-refractivity contribution is -0.0629. The number of thioether (sulfide) groups is 1. The second-order valence-electron chi connectivity index (χ2n) is 7.54. The molecule has 6 atom stereocenters. The van der Waals surface area contributed by atoms with E-state index in [-0.39, 0.29) is 28.4 Å². The third-order valence-electron chi connectivity index (χ3n) is 5.17. The van der Waals surface area contributed by atoms with Crippen molar-refractivity contribution in [1.29, 1.82) is 0 Å². The Morgan fingerprint density at radius 2 is 2.22 bits per heavy atom. The number of halogens is 1. The van der Waals surface area contributed by atoms with Gasteiger partial charge in [0.1, 0.15) is 18.0 Å². The van der Waals surface area contributed by atoms with Gasteiger partial charge in [-0.1, -0.05) is 36.0 Å². The first-order valence-electron chi connectivity index (χ1n) is 18.4. The number of aliphatic hydroxyl groups is 3. The standard InChI is InChI=1S/C24H31FN6O4S/c1-3-8-36-24-27-22(26-16-10-14(16)13-5-4-12(2)15(25)9-13)19-23(28-24)31(30-29-19)17-11-18(35-7-6-32)21(34)20(17)33/h4-5,9,14,16-18,20-21,32-34H,3,6-8,10-11H2,1-2H3,(H,26,27,28)/t14-,16+,17+,18-,20-,21+/m0/s1/i3D2,4D,5D,6D2,8D2,9D,11D2,14D,17D,18D,20D,21D. The molecule has 4 N–H and O–H groups in total. The summed E-state index contributed by atoms with van der Waals surface area (Å²) < 4.78 is 152. The van der Waals surface area contributed by atoms with E-state index in [1.165, 1.54) is 6.92 Å². The topological polar surface area (TPSA) is 138 Å². The molecular formula is C24H31FN6O4S. The van der Waals surface area contributed by atoms with Gasteiger partial charge in [0.25, 0.3) is 0 Å². The quantitative estimate of drug-likeness (QED) is 0.226. The van der Waals surface area contributed by atoms with Crippen molar-refractivity contribution in [3.63, 3.8) is 0 Å². The summed E-state index contributed by atoms with van der Waals surface area (Å²) >= 11 is 0.0638. The van der Waals surface area contributed by atoms with Crippen LogP contribution in [0.5, 0.6) is 0 Å². The van der Waals surface area contributed by atoms with Gasteiger partial charge in [-0.15, -0.1) is 5.10 Å². The molecule has 0 aliphatic heterocycles. The van der Waals surface area contributed by atoms with Gasteiger partial charge in [-0.05, 0) is 36.9 Å². The van der Waals surface area contributed by atoms with E-state index in [1.807, 2.05) is 0 Å². The fourth-order valence-electron chi connectivity index (χ4n) is 3.34. The summed E-state index contributed by atoms with van der Waals surface area (Å²) in [4.78, 5) is 8.15. The van der Waals surface area contributed by atoms with Gasteiger partial charge in [0.15, 0.2) is 22.1 Å². The van der Waals surface area contributed by atoms with Gasteiger partial charge in [-0.25, -0.2) is 19.0 Å². The second kappa shape index (κ2) is 10.5. The highest BCUT2D eigenvalue weighted by atomic mass is 32.2. The van der Waals surface area contributed by atoms with Crippen LogP contribution in [0.4, 0.5) is 10.2 Å². The van der Waals surface area contributed by atoms with E-state index in [4.69, 9.17) is 26.7 Å². The van der Waals surface area contributed by atoms with Crippen LogP contribution in [-0.4, -0.2) is 83.4 Å². The lowest BCUT2D eigenvalue weighted by Gasteiger charge is -2.17. The van der Waals surface area contributed by atoms with E-state index in [1.54, 1.807) is 0 Å². The fourth-order valence-corrected chi connectivity index (χ4v) is 3.81. The van der Waals surface area contributed by atoms with Crippen molar-refractivity contribution in [2.45, 2.75) is 74.4 Å². The van der Waals surface area contributed by atoms with Crippen molar-refractivity contribution in [3.8, 4) is 0 Å². The van der Waals surface area contributed by atoms with Crippen LogP contribution in [0.2, 0.25) is 0 Å². The van der Waals surface area contributed by atoms with Crippen LogP contribution in [0.1, 0.15) is 71.1 Å². The first kappa shape index (κ1) is 12.4. The molecule has 2 aliphatic rings. The molecule has 2 fully saturated rings. The third-order valence-corrected chi connectivity index (χ3v) is 5.84. The molecule has 36 heavy (non-hydrogen) atoms. The molecule has 0 unspecified atom stereocenters. The van der Waals surface area contributed by atoms with Crippen molar-refractivity contribution in [1.82, 2.24) is 25.0 Å². The molecule has 0 saturated heterocycles. The zero-order chi connectivity index (χ0) is 39.8. The van der Waals surface area contributed by atoms with E-state index in [9.17, 15) is 19.7 Å². The highest BCUT2D eigenvalue weighted by molar-refractivity contribution is 7.99. The van der Waals surface area contributed by atoms with Crippen molar-refractivity contribution < 1.29 is 46.4 Å². The van der Waals surface area contributed by atoms with E-state index in [0.29, 0.717) is 0 Å². The van der Waals surface area contributed by atoms with Crippen LogP contribution >= 0.6 is 11.8 Å². The number of hydrogen-bond acceptors (Lipinski definition) is 10. The van der Waals surface area contributed by atoms with Crippen LogP contribution in [-0.2, 0) is 4.74 Å². The Morgan fingerprint density at radius 3 is 3.00 bits per heavy atom. The Hall–Kier alpha value is -2.38. The number of nitrogens with zero attached hydrogens (tertiary/aromatic N) is 5. The number of benzene rings is 1. The van der Waals surface area contributed by atoms with Crippen molar-refractivity contribution >= 4 is 28.7 Å². The number of hydrogen-bond donors (Lipinski definition) is 4. The minimum atomic E-state index is -4.17. The Balaban J connectivity index is 1.70. The minimum Gasteiger partial charge on any atom is -0.394 e. The predicted octanol–water partition coefficient (Wildman–Crippen LogP) is 2.18. The Labute approximate surface area is 234 Å². The molecule has 3 aromatic rings. The fraction of sp³-hybridized carbons (Fsp3) is 0.583. The van der Waals surface area contributed by atoms with Gasteiger partial charge in [-0.3, -0.25) is 0 Å². The number of fused-ring (bicyclic) bond motifs is 1. The van der Waals surface area contributed by atoms with Crippen LogP contribution < -0.4 is 5.32 Å². The van der Waals surface area contributed by atoms with Crippen LogP contribution in [0.3, 0.4) is 0 Å². The first-order chi connectivity index (χ1) is 23.2. The summed E-state index contributed by atoms with van der Waals surface area (Å²) in [6.45, 7) is -2.79. The molecule has 1 aromatic carbocycles. The third kappa shape index (κ3) is 4.92. The Morgan fingerprint density at radius 1 is 1.39 bits per heavy atom. The molecule has 2 heterocycles. The molecule has 0 amide bonds. The maximum atomic E-state index is 14.8. The summed E-state index contributed by atoms with van der Waals surface area (Å²) in [5.74, 6) is -3.54. The number of anilines is 1. The summed E-state index contributed by atoms with van der Waals surface area (Å²) in [6.07, 6.45) is -19.0. The highest BCUT2D eigenvalue weighted by Gasteiger charge is 2.45. The van der Waals surface area contributed by atoms with E-state index in [0.717, 1.165) is 6.92 Å². The van der Waals surface area contributed by atoms with Crippen LogP contribution in [0.25, 0.3) is 11.2 Å². The molecule has 5 rings (SSSR count). The second-order valence-corrected chi connectivity index (χ2v) is 8.32. The molecule has 2 saturated carbocycles. The average Bonchev–Trinajstić information content (AvgIpc) is 3.41. The normalized spacial score (nSPS) is 46.9.